The minimum Gasteiger partial charge on any atom is -0.497 e. The van der Waals surface area contributed by atoms with Crippen LogP contribution in [0.2, 0.25) is 0 Å². The van der Waals surface area contributed by atoms with Crippen molar-refractivity contribution in [3.05, 3.63) is 130 Å². The number of anilines is 1. The third-order valence-corrected chi connectivity index (χ3v) is 7.49. The molecule has 47 heavy (non-hydrogen) atoms. The summed E-state index contributed by atoms with van der Waals surface area (Å²) in [6.07, 6.45) is -10.1. The topological polar surface area (TPSA) is 76.5 Å². The van der Waals surface area contributed by atoms with Crippen molar-refractivity contribution >= 4 is 22.6 Å². The number of aromatic nitrogens is 2. The number of nitrogens with zero attached hydrogens (tertiary/aromatic N) is 3. The van der Waals surface area contributed by atoms with Gasteiger partial charge in [0.05, 0.1) is 40.9 Å². The van der Waals surface area contributed by atoms with Gasteiger partial charge in [-0.05, 0) is 66.6 Å². The summed E-state index contributed by atoms with van der Waals surface area (Å²) in [5.74, 6) is 0.654. The molecular formula is C34H28F6N4O3. The number of carbonyl (C=O) groups is 1. The van der Waals surface area contributed by atoms with Crippen LogP contribution in [0.25, 0.3) is 16.6 Å². The molecule has 5 rings (SSSR count). The van der Waals surface area contributed by atoms with Crippen LogP contribution in [0.4, 0.5) is 36.8 Å². The molecule has 0 spiro atoms. The first-order valence-corrected chi connectivity index (χ1v) is 14.4. The molecule has 2 amide bonds. The molecule has 1 atom stereocenters. The van der Waals surface area contributed by atoms with Crippen LogP contribution >= 0.6 is 0 Å². The number of hydrogen-bond donors (Lipinski definition) is 1. The van der Waals surface area contributed by atoms with Crippen molar-refractivity contribution < 1.29 is 35.9 Å². The van der Waals surface area contributed by atoms with Crippen molar-refractivity contribution in [2.45, 2.75) is 38.3 Å². The van der Waals surface area contributed by atoms with Crippen LogP contribution in [-0.4, -0.2) is 27.6 Å². The molecule has 0 aliphatic carbocycles. The Hall–Kier alpha value is -5.33. The summed E-state index contributed by atoms with van der Waals surface area (Å²) in [5.41, 5.74) is -2.95. The first-order valence-electron chi connectivity index (χ1n) is 14.4. The summed E-state index contributed by atoms with van der Waals surface area (Å²) < 4.78 is 88.2. The van der Waals surface area contributed by atoms with E-state index in [2.05, 4.69) is 5.32 Å². The van der Waals surface area contributed by atoms with E-state index in [1.165, 1.54) is 16.6 Å². The van der Waals surface area contributed by atoms with Crippen molar-refractivity contribution in [1.82, 2.24) is 14.5 Å². The number of fused-ring (bicyclic) bond motifs is 1. The Balaban J connectivity index is 1.67. The highest BCUT2D eigenvalue weighted by Gasteiger charge is 2.37. The number of nitrogens with one attached hydrogen (secondary N) is 1. The fraction of sp³-hybridized carbons (Fsp3) is 0.206. The maximum atomic E-state index is 14.0. The van der Waals surface area contributed by atoms with E-state index in [4.69, 9.17) is 9.72 Å². The number of halogens is 6. The number of urea groups is 1. The quantitative estimate of drug-likeness (QED) is 0.170. The SMILES string of the molecule is CCC(c1nc2ccccc2c(=O)n1-c1ccc(OC)cc1)N(Cc1ccccc1)C(=O)Nc1cc(C(F)(F)F)cc(C(F)(F)F)c1. The van der Waals surface area contributed by atoms with E-state index in [0.29, 0.717) is 40.0 Å². The average molecular weight is 655 g/mol. The fourth-order valence-corrected chi connectivity index (χ4v) is 5.22. The van der Waals surface area contributed by atoms with E-state index in [1.807, 2.05) is 0 Å². The number of rotatable bonds is 8. The molecule has 4 aromatic carbocycles. The smallest absolute Gasteiger partial charge is 0.416 e. The van der Waals surface area contributed by atoms with Crippen LogP contribution in [0.1, 0.15) is 41.9 Å². The molecule has 1 N–H and O–H groups in total. The molecule has 5 aromatic rings. The minimum absolute atomic E-state index is 0.0151. The molecule has 244 valence electrons. The van der Waals surface area contributed by atoms with Gasteiger partial charge in [0.15, 0.2) is 0 Å². The lowest BCUT2D eigenvalue weighted by atomic mass is 10.1. The lowest BCUT2D eigenvalue weighted by Gasteiger charge is -2.32. The van der Waals surface area contributed by atoms with Gasteiger partial charge in [-0.15, -0.1) is 0 Å². The first kappa shape index (κ1) is 33.0. The number of ether oxygens (including phenoxy) is 1. The Morgan fingerprint density at radius 3 is 2.04 bits per heavy atom. The lowest BCUT2D eigenvalue weighted by Crippen LogP contribution is -2.40. The van der Waals surface area contributed by atoms with Gasteiger partial charge in [0.25, 0.3) is 5.56 Å². The molecule has 0 aliphatic rings. The summed E-state index contributed by atoms with van der Waals surface area (Å²) in [6, 6.07) is 20.7. The van der Waals surface area contributed by atoms with Crippen molar-refractivity contribution in [1.29, 1.82) is 0 Å². The van der Waals surface area contributed by atoms with Crippen LogP contribution in [0, 0.1) is 0 Å². The molecule has 0 saturated heterocycles. The van der Waals surface area contributed by atoms with Gasteiger partial charge in [-0.25, -0.2) is 9.78 Å². The number of methoxy groups -OCH3 is 1. The minimum atomic E-state index is -5.11. The summed E-state index contributed by atoms with van der Waals surface area (Å²) in [6.45, 7) is 1.60. The Labute approximate surface area is 265 Å². The number of amides is 2. The van der Waals surface area contributed by atoms with Crippen LogP contribution in [-0.2, 0) is 18.9 Å². The van der Waals surface area contributed by atoms with E-state index < -0.39 is 46.8 Å². The maximum absolute atomic E-state index is 14.0. The molecule has 0 fully saturated rings. The van der Waals surface area contributed by atoms with E-state index in [0.717, 1.165) is 0 Å². The monoisotopic (exact) mass is 654 g/mol. The predicted molar refractivity (Wildman–Crippen MR) is 164 cm³/mol. The summed E-state index contributed by atoms with van der Waals surface area (Å²) in [5, 5.41) is 2.55. The average Bonchev–Trinajstić information content (AvgIpc) is 3.04. The first-order chi connectivity index (χ1) is 22.3. The van der Waals surface area contributed by atoms with Gasteiger partial charge >= 0.3 is 18.4 Å². The van der Waals surface area contributed by atoms with Gasteiger partial charge in [0.1, 0.15) is 11.6 Å². The Bertz CT molecular complexity index is 1910. The van der Waals surface area contributed by atoms with Crippen LogP contribution in [0.5, 0.6) is 5.75 Å². The lowest BCUT2D eigenvalue weighted by molar-refractivity contribution is -0.143. The zero-order valence-electron chi connectivity index (χ0n) is 25.1. The second kappa shape index (κ2) is 13.2. The third-order valence-electron chi connectivity index (χ3n) is 7.49. The zero-order valence-corrected chi connectivity index (χ0v) is 25.1. The van der Waals surface area contributed by atoms with E-state index in [1.54, 1.807) is 85.8 Å². The zero-order chi connectivity index (χ0) is 33.9. The van der Waals surface area contributed by atoms with Crippen LogP contribution < -0.4 is 15.6 Å². The molecule has 0 aliphatic heterocycles. The molecule has 7 nitrogen and oxygen atoms in total. The van der Waals surface area contributed by atoms with Gasteiger partial charge in [-0.2, -0.15) is 26.3 Å². The van der Waals surface area contributed by atoms with Crippen molar-refractivity contribution in [2.24, 2.45) is 0 Å². The number of benzene rings is 4. The highest BCUT2D eigenvalue weighted by molar-refractivity contribution is 5.90. The second-order valence-corrected chi connectivity index (χ2v) is 10.6. The fourth-order valence-electron chi connectivity index (χ4n) is 5.22. The van der Waals surface area contributed by atoms with E-state index in [9.17, 15) is 35.9 Å². The predicted octanol–water partition coefficient (Wildman–Crippen LogP) is 8.62. The second-order valence-electron chi connectivity index (χ2n) is 10.6. The van der Waals surface area contributed by atoms with Gasteiger partial charge < -0.3 is 15.0 Å². The largest absolute Gasteiger partial charge is 0.497 e. The van der Waals surface area contributed by atoms with Gasteiger partial charge in [-0.1, -0.05) is 49.4 Å². The molecule has 0 saturated carbocycles. The number of hydrogen-bond acceptors (Lipinski definition) is 4. The van der Waals surface area contributed by atoms with Gasteiger partial charge in [0, 0.05) is 12.2 Å². The Kier molecular flexibility index (Phi) is 9.27. The Morgan fingerprint density at radius 2 is 1.47 bits per heavy atom. The molecule has 1 aromatic heterocycles. The van der Waals surface area contributed by atoms with Gasteiger partial charge in [0.2, 0.25) is 0 Å². The summed E-state index contributed by atoms with van der Waals surface area (Å²) in [4.78, 5) is 34.0. The third kappa shape index (κ3) is 7.24. The molecule has 1 unspecified atom stereocenters. The van der Waals surface area contributed by atoms with Crippen molar-refractivity contribution in [3.63, 3.8) is 0 Å². The summed E-state index contributed by atoms with van der Waals surface area (Å²) in [7, 11) is 1.49. The normalized spacial score (nSPS) is 12.5. The van der Waals surface area contributed by atoms with Crippen molar-refractivity contribution in [3.8, 4) is 11.4 Å². The Morgan fingerprint density at radius 1 is 0.872 bits per heavy atom. The molecule has 0 radical (unpaired) electrons. The number of alkyl halides is 6. The summed E-state index contributed by atoms with van der Waals surface area (Å²) >= 11 is 0. The highest BCUT2D eigenvalue weighted by Crippen LogP contribution is 2.38. The molecule has 1 heterocycles. The standard InChI is InChI=1S/C34H28F6N4O3/c1-3-29(30-42-28-12-8-7-11-27(28)31(45)44(30)25-13-15-26(47-2)16-14-25)43(20-21-9-5-4-6-10-21)32(46)41-24-18-22(33(35,36)37)17-23(19-24)34(38,39)40/h4-19,29H,3,20H2,1-2H3,(H,41,46). The van der Waals surface area contributed by atoms with Crippen LogP contribution in [0.15, 0.2) is 102 Å². The molecule has 13 heteroatoms. The highest BCUT2D eigenvalue weighted by atomic mass is 19.4. The van der Waals surface area contributed by atoms with E-state index >= 15 is 0 Å². The number of carbonyl (C=O) groups excluding carboxylic acids is 1. The number of para-hydroxylation sites is 1. The van der Waals surface area contributed by atoms with Gasteiger partial charge in [-0.3, -0.25) is 9.36 Å². The molecular weight excluding hydrogens is 626 g/mol. The molecule has 0 bridgehead atoms. The van der Waals surface area contributed by atoms with Crippen molar-refractivity contribution in [2.75, 3.05) is 12.4 Å². The van der Waals surface area contributed by atoms with Crippen LogP contribution in [0.3, 0.4) is 0 Å². The van der Waals surface area contributed by atoms with E-state index in [-0.39, 0.29) is 24.9 Å². The maximum Gasteiger partial charge on any atom is 0.416 e.